The fourth-order valence-electron chi connectivity index (χ4n) is 2.86. The number of nitrogens with zero attached hydrogens (tertiary/aromatic N) is 6. The van der Waals surface area contributed by atoms with E-state index in [-0.39, 0.29) is 11.7 Å². The number of ether oxygens (including phenoxy) is 1. The van der Waals surface area contributed by atoms with Gasteiger partial charge in [0.15, 0.2) is 0 Å². The number of hydrogen-bond acceptors (Lipinski definition) is 8. The first kappa shape index (κ1) is 18.9. The average Bonchev–Trinajstić information content (AvgIpc) is 2.69. The van der Waals surface area contributed by atoms with Gasteiger partial charge in [-0.1, -0.05) is 0 Å². The van der Waals surface area contributed by atoms with Gasteiger partial charge in [-0.25, -0.2) is 9.97 Å². The molecule has 10 heteroatoms. The van der Waals surface area contributed by atoms with Crippen molar-refractivity contribution in [3.8, 4) is 0 Å². The molecule has 0 aromatic carbocycles. The van der Waals surface area contributed by atoms with E-state index >= 15 is 0 Å². The molecule has 0 radical (unpaired) electrons. The Morgan fingerprint density at radius 3 is 2.85 bits per heavy atom. The van der Waals surface area contributed by atoms with Crippen LogP contribution in [0, 0.1) is 0 Å². The summed E-state index contributed by atoms with van der Waals surface area (Å²) in [7, 11) is 5.38. The third-order valence-corrected chi connectivity index (χ3v) is 4.63. The third-order valence-electron chi connectivity index (χ3n) is 4.63. The van der Waals surface area contributed by atoms with Crippen LogP contribution in [0.15, 0.2) is 22.2 Å². The van der Waals surface area contributed by atoms with Gasteiger partial charge in [-0.3, -0.25) is 4.79 Å². The molecule has 1 saturated heterocycles. The van der Waals surface area contributed by atoms with Gasteiger partial charge in [0.05, 0.1) is 36.8 Å². The minimum absolute atomic E-state index is 0.0704. The van der Waals surface area contributed by atoms with Gasteiger partial charge in [-0.05, 0) is 6.92 Å². The molecule has 1 fully saturated rings. The molecule has 1 unspecified atom stereocenters. The van der Waals surface area contributed by atoms with Crippen molar-refractivity contribution >= 4 is 29.0 Å². The van der Waals surface area contributed by atoms with Gasteiger partial charge in [0.25, 0.3) is 5.56 Å². The monoisotopic (exact) mass is 374 g/mol. The van der Waals surface area contributed by atoms with E-state index < -0.39 is 0 Å². The molecule has 2 aromatic rings. The SMILES string of the molecule is CN/N=C\N(C)C(C)Nc1ncc2c(n1)c(N1CCOCC1)cc(=O)n2C. The highest BCUT2D eigenvalue weighted by Crippen LogP contribution is 2.24. The van der Waals surface area contributed by atoms with Crippen LogP contribution in [0.25, 0.3) is 11.0 Å². The second-order valence-electron chi connectivity index (χ2n) is 6.41. The number of nitrogens with one attached hydrogen (secondary N) is 2. The molecule has 3 heterocycles. The molecular formula is C17H26N8O2. The summed E-state index contributed by atoms with van der Waals surface area (Å²) >= 11 is 0. The first-order valence-electron chi connectivity index (χ1n) is 8.89. The standard InChI is InChI=1S/C17H26N8O2/c1-12(23(3)11-20-18-2)21-17-19-10-14-16(22-17)13(9-15(26)24(14)4)25-5-7-27-8-6-25/h9-12,18H,5-8H2,1-4H3,(H,19,21,22)/b20-11-. The molecular weight excluding hydrogens is 348 g/mol. The van der Waals surface area contributed by atoms with Crippen molar-refractivity contribution in [3.05, 3.63) is 22.6 Å². The Hall–Kier alpha value is -2.88. The van der Waals surface area contributed by atoms with Gasteiger partial charge in [0.1, 0.15) is 11.9 Å². The molecule has 0 saturated carbocycles. The summed E-state index contributed by atoms with van der Waals surface area (Å²) in [6, 6.07) is 1.64. The average molecular weight is 374 g/mol. The van der Waals surface area contributed by atoms with Crippen LogP contribution in [0.1, 0.15) is 6.92 Å². The smallest absolute Gasteiger partial charge is 0.252 e. The van der Waals surface area contributed by atoms with Crippen molar-refractivity contribution in [1.29, 1.82) is 0 Å². The Kier molecular flexibility index (Phi) is 5.75. The molecule has 2 aromatic heterocycles. The van der Waals surface area contributed by atoms with Crippen molar-refractivity contribution in [3.63, 3.8) is 0 Å². The van der Waals surface area contributed by atoms with Crippen molar-refractivity contribution < 1.29 is 4.74 Å². The first-order chi connectivity index (χ1) is 13.0. The van der Waals surface area contributed by atoms with E-state index in [4.69, 9.17) is 9.72 Å². The zero-order valence-electron chi connectivity index (χ0n) is 16.1. The van der Waals surface area contributed by atoms with Crippen molar-refractivity contribution in [2.24, 2.45) is 12.1 Å². The Balaban J connectivity index is 1.96. The molecule has 1 aliphatic rings. The van der Waals surface area contributed by atoms with Crippen LogP contribution >= 0.6 is 0 Å². The summed E-state index contributed by atoms with van der Waals surface area (Å²) in [4.78, 5) is 25.5. The minimum atomic E-state index is -0.0790. The first-order valence-corrected chi connectivity index (χ1v) is 8.89. The van der Waals surface area contributed by atoms with Crippen molar-refractivity contribution in [1.82, 2.24) is 24.9 Å². The van der Waals surface area contributed by atoms with E-state index in [0.29, 0.717) is 24.7 Å². The van der Waals surface area contributed by atoms with Gasteiger partial charge in [-0.2, -0.15) is 5.10 Å². The largest absolute Gasteiger partial charge is 0.378 e. The van der Waals surface area contributed by atoms with Crippen LogP contribution in [-0.2, 0) is 11.8 Å². The lowest BCUT2D eigenvalue weighted by Gasteiger charge is -2.29. The van der Waals surface area contributed by atoms with E-state index in [2.05, 4.69) is 25.7 Å². The van der Waals surface area contributed by atoms with Crippen molar-refractivity contribution in [2.45, 2.75) is 13.1 Å². The highest BCUT2D eigenvalue weighted by molar-refractivity contribution is 5.88. The molecule has 0 aliphatic carbocycles. The summed E-state index contributed by atoms with van der Waals surface area (Å²) in [6.07, 6.45) is 3.30. The molecule has 0 amide bonds. The van der Waals surface area contributed by atoms with Crippen LogP contribution in [0.3, 0.4) is 0 Å². The van der Waals surface area contributed by atoms with E-state index in [9.17, 15) is 4.79 Å². The summed E-state index contributed by atoms with van der Waals surface area (Å²) in [6.45, 7) is 4.72. The minimum Gasteiger partial charge on any atom is -0.378 e. The number of anilines is 2. The number of morpholine rings is 1. The fourth-order valence-corrected chi connectivity index (χ4v) is 2.86. The Bertz CT molecular complexity index is 875. The number of aromatic nitrogens is 3. The second-order valence-corrected chi connectivity index (χ2v) is 6.41. The molecule has 1 aliphatic heterocycles. The number of hydrogen-bond donors (Lipinski definition) is 2. The molecule has 10 nitrogen and oxygen atoms in total. The van der Waals surface area contributed by atoms with Gasteiger partial charge in [0.2, 0.25) is 5.95 Å². The summed E-state index contributed by atoms with van der Waals surface area (Å²) in [5.74, 6) is 0.493. The molecule has 2 N–H and O–H groups in total. The Labute approximate surface area is 157 Å². The van der Waals surface area contributed by atoms with Gasteiger partial charge in [-0.15, -0.1) is 0 Å². The number of rotatable bonds is 6. The lowest BCUT2D eigenvalue weighted by atomic mass is 10.2. The zero-order valence-corrected chi connectivity index (χ0v) is 16.1. The fraction of sp³-hybridized carbons (Fsp3) is 0.529. The molecule has 0 spiro atoms. The zero-order chi connectivity index (χ0) is 19.4. The van der Waals surface area contributed by atoms with E-state index in [1.807, 2.05) is 18.9 Å². The van der Waals surface area contributed by atoms with Crippen LogP contribution in [0.2, 0.25) is 0 Å². The number of aryl methyl sites for hydroxylation is 1. The predicted octanol–water partition coefficient (Wildman–Crippen LogP) is 0.0175. The van der Waals surface area contributed by atoms with Gasteiger partial charge >= 0.3 is 0 Å². The number of fused-ring (bicyclic) bond motifs is 1. The number of hydrazone groups is 1. The molecule has 0 bridgehead atoms. The molecule has 1 atom stereocenters. The van der Waals surface area contributed by atoms with Crippen LogP contribution in [0.5, 0.6) is 0 Å². The Morgan fingerprint density at radius 1 is 1.41 bits per heavy atom. The second kappa shape index (κ2) is 8.21. The highest BCUT2D eigenvalue weighted by Gasteiger charge is 2.18. The maximum absolute atomic E-state index is 12.4. The highest BCUT2D eigenvalue weighted by atomic mass is 16.5. The Morgan fingerprint density at radius 2 is 2.15 bits per heavy atom. The van der Waals surface area contributed by atoms with E-state index in [1.54, 1.807) is 37.3 Å². The predicted molar refractivity (Wildman–Crippen MR) is 106 cm³/mol. The van der Waals surface area contributed by atoms with Gasteiger partial charge < -0.3 is 29.8 Å². The summed E-state index contributed by atoms with van der Waals surface area (Å²) in [5.41, 5.74) is 4.90. The lowest BCUT2D eigenvalue weighted by molar-refractivity contribution is 0.123. The quantitative estimate of drug-likeness (QED) is 0.316. The van der Waals surface area contributed by atoms with E-state index in [0.717, 1.165) is 24.3 Å². The van der Waals surface area contributed by atoms with Crippen LogP contribution < -0.4 is 21.2 Å². The lowest BCUT2D eigenvalue weighted by Crippen LogP contribution is -2.37. The van der Waals surface area contributed by atoms with Crippen molar-refractivity contribution in [2.75, 3.05) is 50.6 Å². The normalized spacial score (nSPS) is 15.9. The van der Waals surface area contributed by atoms with Gasteiger partial charge in [0, 0.05) is 40.3 Å². The van der Waals surface area contributed by atoms with E-state index in [1.165, 1.54) is 0 Å². The summed E-state index contributed by atoms with van der Waals surface area (Å²) in [5, 5.41) is 7.26. The summed E-state index contributed by atoms with van der Waals surface area (Å²) < 4.78 is 7.00. The maximum Gasteiger partial charge on any atom is 0.252 e. The third kappa shape index (κ3) is 4.11. The molecule has 146 valence electrons. The van der Waals surface area contributed by atoms with Crippen LogP contribution in [-0.4, -0.2) is 72.3 Å². The number of pyridine rings is 1. The topological polar surface area (TPSA) is 99.9 Å². The van der Waals surface area contributed by atoms with Crippen LogP contribution in [0.4, 0.5) is 11.6 Å². The molecule has 27 heavy (non-hydrogen) atoms. The maximum atomic E-state index is 12.4. The molecule has 3 rings (SSSR count).